The molecule has 0 saturated carbocycles. The molecule has 4 heteroatoms. The third kappa shape index (κ3) is 7.33. The van der Waals surface area contributed by atoms with Crippen LogP contribution in [0, 0.1) is 0 Å². The predicted molar refractivity (Wildman–Crippen MR) is 111 cm³/mol. The van der Waals surface area contributed by atoms with Crippen molar-refractivity contribution in [3.05, 3.63) is 54.1 Å². The summed E-state index contributed by atoms with van der Waals surface area (Å²) in [6.07, 6.45) is 5.14. The third-order valence-corrected chi connectivity index (χ3v) is 4.40. The molecule has 1 atom stereocenters. The van der Waals surface area contributed by atoms with E-state index in [-0.39, 0.29) is 5.91 Å². The van der Waals surface area contributed by atoms with Crippen LogP contribution in [0.2, 0.25) is 0 Å². The summed E-state index contributed by atoms with van der Waals surface area (Å²) in [5.41, 5.74) is 1.97. The summed E-state index contributed by atoms with van der Waals surface area (Å²) in [6, 6.07) is 15.3. The second kappa shape index (κ2) is 11.3. The standard InChI is InChI=1S/C23H31NO3/c1-4-6-7-8-17-26-21-15-11-20(12-16-21)24-23(25)18(3)27-22-13-9-19(5-2)10-14-22/h9-16,18H,4-8,17H2,1-3H3,(H,24,25)/t18-/m1/s1. The van der Waals surface area contributed by atoms with Crippen molar-refractivity contribution in [2.24, 2.45) is 0 Å². The SMILES string of the molecule is CCCCCCOc1ccc(NC(=O)[C@@H](C)Oc2ccc(CC)cc2)cc1. The number of amides is 1. The molecule has 4 nitrogen and oxygen atoms in total. The highest BCUT2D eigenvalue weighted by atomic mass is 16.5. The molecule has 0 radical (unpaired) electrons. The van der Waals surface area contributed by atoms with Gasteiger partial charge in [0.05, 0.1) is 6.61 Å². The maximum Gasteiger partial charge on any atom is 0.265 e. The molecule has 146 valence electrons. The van der Waals surface area contributed by atoms with Gasteiger partial charge in [0.15, 0.2) is 6.10 Å². The van der Waals surface area contributed by atoms with Gasteiger partial charge in [-0.3, -0.25) is 4.79 Å². The summed E-state index contributed by atoms with van der Waals surface area (Å²) in [4.78, 5) is 12.3. The van der Waals surface area contributed by atoms with Crippen LogP contribution < -0.4 is 14.8 Å². The highest BCUT2D eigenvalue weighted by Crippen LogP contribution is 2.18. The van der Waals surface area contributed by atoms with Crippen molar-refractivity contribution < 1.29 is 14.3 Å². The number of carbonyl (C=O) groups is 1. The molecule has 0 spiro atoms. The van der Waals surface area contributed by atoms with Gasteiger partial charge in [-0.05, 0) is 61.7 Å². The van der Waals surface area contributed by atoms with E-state index in [0.29, 0.717) is 5.75 Å². The first-order valence-corrected chi connectivity index (χ1v) is 9.91. The zero-order valence-electron chi connectivity index (χ0n) is 16.7. The quantitative estimate of drug-likeness (QED) is 0.523. The Kier molecular flexibility index (Phi) is 8.69. The van der Waals surface area contributed by atoms with Crippen LogP contribution in [-0.2, 0) is 11.2 Å². The minimum absolute atomic E-state index is 0.178. The lowest BCUT2D eigenvalue weighted by molar-refractivity contribution is -0.122. The molecule has 0 aromatic heterocycles. The van der Waals surface area contributed by atoms with E-state index >= 15 is 0 Å². The number of hydrogen-bond acceptors (Lipinski definition) is 3. The molecule has 0 heterocycles. The number of nitrogens with one attached hydrogen (secondary N) is 1. The summed E-state index contributed by atoms with van der Waals surface area (Å²) in [5, 5.41) is 2.88. The smallest absolute Gasteiger partial charge is 0.265 e. The van der Waals surface area contributed by atoms with Crippen LogP contribution in [0.4, 0.5) is 5.69 Å². The van der Waals surface area contributed by atoms with Crippen molar-refractivity contribution in [3.63, 3.8) is 0 Å². The summed E-state index contributed by atoms with van der Waals surface area (Å²) >= 11 is 0. The Hall–Kier alpha value is -2.49. The molecular weight excluding hydrogens is 338 g/mol. The van der Waals surface area contributed by atoms with Gasteiger partial charge in [-0.1, -0.05) is 45.2 Å². The Morgan fingerprint density at radius 1 is 0.926 bits per heavy atom. The number of hydrogen-bond donors (Lipinski definition) is 1. The van der Waals surface area contributed by atoms with Crippen molar-refractivity contribution >= 4 is 11.6 Å². The van der Waals surface area contributed by atoms with Crippen molar-refractivity contribution in [2.75, 3.05) is 11.9 Å². The largest absolute Gasteiger partial charge is 0.494 e. The minimum Gasteiger partial charge on any atom is -0.494 e. The normalized spacial score (nSPS) is 11.7. The van der Waals surface area contributed by atoms with Crippen molar-refractivity contribution in [3.8, 4) is 11.5 Å². The molecule has 2 aromatic rings. The van der Waals surface area contributed by atoms with Gasteiger partial charge in [-0.25, -0.2) is 0 Å². The number of anilines is 1. The molecule has 0 bridgehead atoms. The Labute approximate surface area is 162 Å². The van der Waals surface area contributed by atoms with Crippen molar-refractivity contribution in [1.29, 1.82) is 0 Å². The second-order valence-electron chi connectivity index (χ2n) is 6.68. The Morgan fingerprint density at radius 2 is 1.59 bits per heavy atom. The van der Waals surface area contributed by atoms with Crippen molar-refractivity contribution in [1.82, 2.24) is 0 Å². The lowest BCUT2D eigenvalue weighted by atomic mass is 10.2. The number of aryl methyl sites for hydroxylation is 1. The fraction of sp³-hybridized carbons (Fsp3) is 0.435. The van der Waals surface area contributed by atoms with Crippen LogP contribution in [0.15, 0.2) is 48.5 Å². The average Bonchev–Trinajstić information content (AvgIpc) is 2.69. The number of rotatable bonds is 11. The fourth-order valence-electron chi connectivity index (χ4n) is 2.66. The lowest BCUT2D eigenvalue weighted by Crippen LogP contribution is -2.30. The predicted octanol–water partition coefficient (Wildman–Crippen LogP) is 5.61. The van der Waals surface area contributed by atoms with Gasteiger partial charge in [0.25, 0.3) is 5.91 Å². The molecule has 0 fully saturated rings. The summed E-state index contributed by atoms with van der Waals surface area (Å²) < 4.78 is 11.4. The molecule has 0 saturated heterocycles. The molecule has 0 aliphatic heterocycles. The lowest BCUT2D eigenvalue weighted by Gasteiger charge is -2.15. The highest BCUT2D eigenvalue weighted by molar-refractivity contribution is 5.94. The molecule has 0 aliphatic carbocycles. The van der Waals surface area contributed by atoms with Crippen LogP contribution in [0.25, 0.3) is 0 Å². The molecule has 27 heavy (non-hydrogen) atoms. The van der Waals surface area contributed by atoms with Gasteiger partial charge in [-0.15, -0.1) is 0 Å². The molecule has 0 aliphatic rings. The van der Waals surface area contributed by atoms with Crippen LogP contribution in [0.3, 0.4) is 0 Å². The maximum atomic E-state index is 12.3. The van der Waals surface area contributed by atoms with E-state index in [2.05, 4.69) is 19.2 Å². The van der Waals surface area contributed by atoms with Gasteiger partial charge in [0.2, 0.25) is 0 Å². The number of carbonyl (C=O) groups excluding carboxylic acids is 1. The Bertz CT molecular complexity index is 680. The van der Waals surface area contributed by atoms with Crippen LogP contribution in [0.1, 0.15) is 52.0 Å². The van der Waals surface area contributed by atoms with E-state index in [1.165, 1.54) is 24.8 Å². The van der Waals surface area contributed by atoms with E-state index in [9.17, 15) is 4.79 Å². The zero-order chi connectivity index (χ0) is 19.5. The Morgan fingerprint density at radius 3 is 2.22 bits per heavy atom. The van der Waals surface area contributed by atoms with Gasteiger partial charge < -0.3 is 14.8 Å². The monoisotopic (exact) mass is 369 g/mol. The molecule has 1 N–H and O–H groups in total. The zero-order valence-corrected chi connectivity index (χ0v) is 16.7. The van der Waals surface area contributed by atoms with Crippen molar-refractivity contribution in [2.45, 2.75) is 59.0 Å². The summed E-state index contributed by atoms with van der Waals surface area (Å²) in [5.74, 6) is 1.34. The number of benzene rings is 2. The molecule has 2 aromatic carbocycles. The number of unbranched alkanes of at least 4 members (excludes halogenated alkanes) is 3. The summed E-state index contributed by atoms with van der Waals surface area (Å²) in [7, 11) is 0. The van der Waals surface area contributed by atoms with Gasteiger partial charge in [-0.2, -0.15) is 0 Å². The molecular formula is C23H31NO3. The highest BCUT2D eigenvalue weighted by Gasteiger charge is 2.15. The van der Waals surface area contributed by atoms with Crippen LogP contribution in [-0.4, -0.2) is 18.6 Å². The van der Waals surface area contributed by atoms with E-state index in [0.717, 1.165) is 30.9 Å². The fourth-order valence-corrected chi connectivity index (χ4v) is 2.66. The Balaban J connectivity index is 1.78. The van der Waals surface area contributed by atoms with Gasteiger partial charge in [0.1, 0.15) is 11.5 Å². The van der Waals surface area contributed by atoms with Gasteiger partial charge in [0, 0.05) is 5.69 Å². The number of ether oxygens (including phenoxy) is 2. The van der Waals surface area contributed by atoms with Crippen LogP contribution >= 0.6 is 0 Å². The maximum absolute atomic E-state index is 12.3. The summed E-state index contributed by atoms with van der Waals surface area (Å²) in [6.45, 7) is 6.78. The minimum atomic E-state index is -0.577. The average molecular weight is 370 g/mol. The van der Waals surface area contributed by atoms with E-state index in [4.69, 9.17) is 9.47 Å². The molecule has 0 unspecified atom stereocenters. The first-order valence-electron chi connectivity index (χ1n) is 9.91. The van der Waals surface area contributed by atoms with Crippen LogP contribution in [0.5, 0.6) is 11.5 Å². The molecule has 2 rings (SSSR count). The first kappa shape index (κ1) is 20.8. The third-order valence-electron chi connectivity index (χ3n) is 4.40. The van der Waals surface area contributed by atoms with E-state index in [1.807, 2.05) is 48.5 Å². The molecule has 1 amide bonds. The van der Waals surface area contributed by atoms with E-state index < -0.39 is 6.10 Å². The topological polar surface area (TPSA) is 47.6 Å². The van der Waals surface area contributed by atoms with E-state index in [1.54, 1.807) is 6.92 Å². The second-order valence-corrected chi connectivity index (χ2v) is 6.68. The van der Waals surface area contributed by atoms with Gasteiger partial charge >= 0.3 is 0 Å². The first-order chi connectivity index (χ1) is 13.1.